The Labute approximate surface area is 78.9 Å². The summed E-state index contributed by atoms with van der Waals surface area (Å²) in [5.41, 5.74) is -1.12. The molecule has 0 aromatic heterocycles. The summed E-state index contributed by atoms with van der Waals surface area (Å²) in [7, 11) is 0. The fourth-order valence-electron chi connectivity index (χ4n) is 1.64. The van der Waals surface area contributed by atoms with Crippen LogP contribution >= 0.6 is 0 Å². The largest absolute Gasteiger partial charge is 0.353 e. The molecule has 1 rings (SSSR count). The van der Waals surface area contributed by atoms with Crippen molar-refractivity contribution in [2.24, 2.45) is 5.92 Å². The summed E-state index contributed by atoms with van der Waals surface area (Å²) >= 11 is 0. The minimum Gasteiger partial charge on any atom is -0.353 e. The van der Waals surface area contributed by atoms with Crippen molar-refractivity contribution in [3.05, 3.63) is 0 Å². The van der Waals surface area contributed by atoms with Gasteiger partial charge < -0.3 is 5.32 Å². The summed E-state index contributed by atoms with van der Waals surface area (Å²) in [6.07, 6.45) is 3.11. The van der Waals surface area contributed by atoms with Crippen LogP contribution in [0, 0.1) is 5.92 Å². The van der Waals surface area contributed by atoms with E-state index in [2.05, 4.69) is 5.32 Å². The Morgan fingerprint density at radius 1 is 1.46 bits per heavy atom. The van der Waals surface area contributed by atoms with Crippen LogP contribution in [0.15, 0.2) is 0 Å². The third kappa shape index (κ3) is 2.98. The van der Waals surface area contributed by atoms with E-state index in [4.69, 9.17) is 0 Å². The number of amides is 1. The van der Waals surface area contributed by atoms with Crippen molar-refractivity contribution in [3.63, 3.8) is 0 Å². The van der Waals surface area contributed by atoms with Gasteiger partial charge in [-0.2, -0.15) is 0 Å². The van der Waals surface area contributed by atoms with Gasteiger partial charge in [0.2, 0.25) is 5.91 Å². The van der Waals surface area contributed by atoms with E-state index in [1.165, 1.54) is 0 Å². The highest BCUT2D eigenvalue weighted by Gasteiger charge is 2.33. The molecule has 0 bridgehead atoms. The van der Waals surface area contributed by atoms with Gasteiger partial charge in [-0.3, -0.25) is 4.79 Å². The summed E-state index contributed by atoms with van der Waals surface area (Å²) in [5, 5.41) is 2.65. The predicted octanol–water partition coefficient (Wildman–Crippen LogP) is 2.04. The van der Waals surface area contributed by atoms with Crippen LogP contribution in [0.2, 0.25) is 0 Å². The predicted molar refractivity (Wildman–Crippen MR) is 50.2 cm³/mol. The molecule has 0 saturated heterocycles. The van der Waals surface area contributed by atoms with Crippen molar-refractivity contribution in [1.82, 2.24) is 5.32 Å². The molecule has 0 spiro atoms. The monoisotopic (exact) mass is 187 g/mol. The number of nitrogens with one attached hydrogen (secondary N) is 1. The zero-order valence-corrected chi connectivity index (χ0v) is 8.40. The molecule has 0 unspecified atom stereocenters. The molecule has 2 nitrogen and oxygen atoms in total. The van der Waals surface area contributed by atoms with Crippen LogP contribution in [0.25, 0.3) is 0 Å². The molecular formula is C10H18FNO. The Morgan fingerprint density at radius 3 is 2.46 bits per heavy atom. The van der Waals surface area contributed by atoms with Gasteiger partial charge in [-0.25, -0.2) is 4.39 Å². The summed E-state index contributed by atoms with van der Waals surface area (Å²) < 4.78 is 13.7. The molecule has 1 aliphatic carbocycles. The molecule has 0 heterocycles. The smallest absolute Gasteiger partial charge is 0.222 e. The third-order valence-electron chi connectivity index (χ3n) is 2.60. The lowest BCUT2D eigenvalue weighted by atomic mass is 10.0. The van der Waals surface area contributed by atoms with Gasteiger partial charge in [0.15, 0.2) is 0 Å². The van der Waals surface area contributed by atoms with Crippen LogP contribution in [0.5, 0.6) is 0 Å². The fourth-order valence-corrected chi connectivity index (χ4v) is 1.64. The highest BCUT2D eigenvalue weighted by molar-refractivity contribution is 5.77. The average molecular weight is 187 g/mol. The molecule has 0 atom stereocenters. The average Bonchev–Trinajstić information content (AvgIpc) is 2.48. The first kappa shape index (κ1) is 10.5. The molecule has 1 amide bonds. The zero-order valence-electron chi connectivity index (χ0n) is 8.40. The maximum Gasteiger partial charge on any atom is 0.222 e. The minimum absolute atomic E-state index is 0.0509. The molecule has 1 fully saturated rings. The molecule has 1 N–H and O–H groups in total. The first-order chi connectivity index (χ1) is 6.03. The van der Waals surface area contributed by atoms with Gasteiger partial charge in [0, 0.05) is 5.92 Å². The lowest BCUT2D eigenvalue weighted by molar-refractivity contribution is -0.124. The maximum atomic E-state index is 13.7. The number of rotatable bonds is 3. The Bertz CT molecular complexity index is 185. The maximum absolute atomic E-state index is 13.7. The number of carbonyl (C=O) groups is 1. The number of halogens is 1. The molecule has 0 aliphatic heterocycles. The van der Waals surface area contributed by atoms with Gasteiger partial charge in [0.25, 0.3) is 0 Å². The van der Waals surface area contributed by atoms with Crippen molar-refractivity contribution in [3.8, 4) is 0 Å². The van der Waals surface area contributed by atoms with Crippen LogP contribution in [-0.2, 0) is 4.79 Å². The van der Waals surface area contributed by atoms with Gasteiger partial charge in [-0.15, -0.1) is 0 Å². The summed E-state index contributed by atoms with van der Waals surface area (Å²) in [6.45, 7) is 3.83. The Balaban J connectivity index is 2.29. The second-order valence-electron chi connectivity index (χ2n) is 4.23. The molecule has 76 valence electrons. The van der Waals surface area contributed by atoms with Crippen molar-refractivity contribution in [2.45, 2.75) is 45.2 Å². The van der Waals surface area contributed by atoms with E-state index in [9.17, 15) is 9.18 Å². The highest BCUT2D eigenvalue weighted by atomic mass is 19.1. The van der Waals surface area contributed by atoms with Crippen molar-refractivity contribution < 1.29 is 9.18 Å². The molecule has 0 aromatic rings. The number of hydrogen-bond acceptors (Lipinski definition) is 1. The van der Waals surface area contributed by atoms with E-state index in [0.717, 1.165) is 12.8 Å². The first-order valence-electron chi connectivity index (χ1n) is 5.00. The van der Waals surface area contributed by atoms with E-state index in [0.29, 0.717) is 12.8 Å². The van der Waals surface area contributed by atoms with Crippen molar-refractivity contribution in [1.29, 1.82) is 0 Å². The van der Waals surface area contributed by atoms with E-state index in [1.54, 1.807) is 0 Å². The summed E-state index contributed by atoms with van der Waals surface area (Å²) in [6, 6.07) is 0. The number of alkyl halides is 1. The molecule has 3 heteroatoms. The van der Waals surface area contributed by atoms with Crippen LogP contribution in [0.3, 0.4) is 0 Å². The lowest BCUT2D eigenvalue weighted by Gasteiger charge is -2.19. The molecule has 0 radical (unpaired) electrons. The third-order valence-corrected chi connectivity index (χ3v) is 2.60. The van der Waals surface area contributed by atoms with E-state index < -0.39 is 5.67 Å². The molecule has 13 heavy (non-hydrogen) atoms. The Hall–Kier alpha value is -0.600. The Morgan fingerprint density at radius 2 is 2.00 bits per heavy atom. The second kappa shape index (κ2) is 4.07. The molecule has 1 saturated carbocycles. The van der Waals surface area contributed by atoms with Crippen molar-refractivity contribution in [2.75, 3.05) is 6.54 Å². The van der Waals surface area contributed by atoms with Crippen LogP contribution in [0.4, 0.5) is 4.39 Å². The topological polar surface area (TPSA) is 29.1 Å². The van der Waals surface area contributed by atoms with E-state index in [1.807, 2.05) is 13.8 Å². The van der Waals surface area contributed by atoms with Gasteiger partial charge >= 0.3 is 0 Å². The quantitative estimate of drug-likeness (QED) is 0.719. The Kier molecular flexibility index (Phi) is 3.28. The highest BCUT2D eigenvalue weighted by Crippen LogP contribution is 2.32. The van der Waals surface area contributed by atoms with E-state index >= 15 is 0 Å². The molecule has 0 aromatic carbocycles. The molecular weight excluding hydrogens is 169 g/mol. The van der Waals surface area contributed by atoms with Gasteiger partial charge in [0.1, 0.15) is 5.67 Å². The van der Waals surface area contributed by atoms with Gasteiger partial charge in [0.05, 0.1) is 6.54 Å². The standard InChI is InChI=1S/C10H18FNO/c1-8(2)9(13)12-7-10(11)5-3-4-6-10/h8H,3-7H2,1-2H3,(H,12,13). The first-order valence-corrected chi connectivity index (χ1v) is 5.00. The van der Waals surface area contributed by atoms with Crippen molar-refractivity contribution >= 4 is 5.91 Å². The van der Waals surface area contributed by atoms with Gasteiger partial charge in [-0.1, -0.05) is 26.7 Å². The molecule has 1 aliphatic rings. The van der Waals surface area contributed by atoms with Crippen LogP contribution in [-0.4, -0.2) is 18.1 Å². The lowest BCUT2D eigenvalue weighted by Crippen LogP contribution is -2.39. The normalized spacial score (nSPS) is 20.6. The minimum atomic E-state index is -1.12. The fraction of sp³-hybridized carbons (Fsp3) is 0.900. The van der Waals surface area contributed by atoms with Gasteiger partial charge in [-0.05, 0) is 12.8 Å². The second-order valence-corrected chi connectivity index (χ2v) is 4.23. The van der Waals surface area contributed by atoms with E-state index in [-0.39, 0.29) is 18.4 Å². The van der Waals surface area contributed by atoms with Crippen LogP contribution in [0.1, 0.15) is 39.5 Å². The number of hydrogen-bond donors (Lipinski definition) is 1. The van der Waals surface area contributed by atoms with Crippen LogP contribution < -0.4 is 5.32 Å². The number of carbonyl (C=O) groups excluding carboxylic acids is 1. The summed E-state index contributed by atoms with van der Waals surface area (Å²) in [4.78, 5) is 11.2. The SMILES string of the molecule is CC(C)C(=O)NCC1(F)CCCC1. The zero-order chi connectivity index (χ0) is 9.90. The summed E-state index contributed by atoms with van der Waals surface area (Å²) in [5.74, 6) is -0.103.